The van der Waals surface area contributed by atoms with Crippen LogP contribution >= 0.6 is 0 Å². The maximum atomic E-state index is 12.1. The van der Waals surface area contributed by atoms with Crippen LogP contribution in [0.2, 0.25) is 0 Å². The van der Waals surface area contributed by atoms with Crippen LogP contribution in [-0.4, -0.2) is 58.0 Å². The summed E-state index contributed by atoms with van der Waals surface area (Å²) >= 11 is 0. The Morgan fingerprint density at radius 3 is 2.61 bits per heavy atom. The van der Waals surface area contributed by atoms with Gasteiger partial charge in [-0.2, -0.15) is 5.10 Å². The number of hydrogen-bond donors (Lipinski definition) is 2. The van der Waals surface area contributed by atoms with Gasteiger partial charge in [-0.05, 0) is 56.0 Å². The molecule has 2 bridgehead atoms. The number of carbonyl (C=O) groups is 1. The Balaban J connectivity index is 1.43. The van der Waals surface area contributed by atoms with E-state index >= 15 is 0 Å². The van der Waals surface area contributed by atoms with Gasteiger partial charge in [0.15, 0.2) is 0 Å². The summed E-state index contributed by atoms with van der Waals surface area (Å²) in [5.74, 6) is -0.108. The van der Waals surface area contributed by atoms with E-state index in [2.05, 4.69) is 22.3 Å². The first kappa shape index (κ1) is 20.2. The maximum absolute atomic E-state index is 12.1. The summed E-state index contributed by atoms with van der Waals surface area (Å²) < 4.78 is 1.96. The van der Waals surface area contributed by atoms with Crippen LogP contribution in [0.15, 0.2) is 42.5 Å². The van der Waals surface area contributed by atoms with Crippen molar-refractivity contribution in [1.82, 2.24) is 20.0 Å². The first-order chi connectivity index (χ1) is 15.1. The second kappa shape index (κ2) is 8.44. The minimum Gasteiger partial charge on any atom is -0.478 e. The quantitative estimate of drug-likeness (QED) is 0.616. The number of hydrogen-bond acceptors (Lipinski definition) is 4. The molecule has 162 valence electrons. The highest BCUT2D eigenvalue weighted by Gasteiger charge is 2.33. The van der Waals surface area contributed by atoms with E-state index in [1.807, 2.05) is 41.9 Å². The molecular weight excluding hydrogens is 388 g/mol. The van der Waals surface area contributed by atoms with Crippen LogP contribution in [0.5, 0.6) is 0 Å². The van der Waals surface area contributed by atoms with Crippen LogP contribution in [0.3, 0.4) is 0 Å². The molecule has 2 aromatic carbocycles. The van der Waals surface area contributed by atoms with Crippen LogP contribution in [-0.2, 0) is 13.0 Å². The van der Waals surface area contributed by atoms with Gasteiger partial charge in [0.2, 0.25) is 0 Å². The number of aryl methyl sites for hydroxylation is 1. The van der Waals surface area contributed by atoms with E-state index in [-0.39, 0.29) is 0 Å². The zero-order valence-electron chi connectivity index (χ0n) is 18.1. The largest absolute Gasteiger partial charge is 0.478 e. The van der Waals surface area contributed by atoms with E-state index < -0.39 is 5.97 Å². The zero-order chi connectivity index (χ0) is 21.4. The number of carboxylic acids is 1. The van der Waals surface area contributed by atoms with Gasteiger partial charge in [-0.25, -0.2) is 4.79 Å². The van der Waals surface area contributed by atoms with Gasteiger partial charge in [0.1, 0.15) is 0 Å². The highest BCUT2D eigenvalue weighted by molar-refractivity contribution is 6.05. The van der Waals surface area contributed by atoms with Crippen LogP contribution in [0.4, 0.5) is 0 Å². The van der Waals surface area contributed by atoms with Gasteiger partial charge in [-0.3, -0.25) is 4.68 Å². The summed E-state index contributed by atoms with van der Waals surface area (Å²) in [7, 11) is 0. The molecule has 3 aliphatic heterocycles. The third-order valence-corrected chi connectivity index (χ3v) is 7.01. The molecule has 0 spiro atoms. The van der Waals surface area contributed by atoms with E-state index in [0.717, 1.165) is 53.2 Å². The third kappa shape index (κ3) is 3.98. The van der Waals surface area contributed by atoms with Crippen molar-refractivity contribution in [1.29, 1.82) is 0 Å². The number of aromatic nitrogens is 2. The van der Waals surface area contributed by atoms with Crippen LogP contribution in [0, 0.1) is 12.8 Å². The van der Waals surface area contributed by atoms with Crippen molar-refractivity contribution < 1.29 is 9.90 Å². The molecule has 2 N–H and O–H groups in total. The van der Waals surface area contributed by atoms with Crippen molar-refractivity contribution in [2.24, 2.45) is 5.92 Å². The fraction of sp³-hybridized carbons (Fsp3) is 0.440. The van der Waals surface area contributed by atoms with E-state index in [0.29, 0.717) is 18.2 Å². The number of carboxylic acid groups (broad SMARTS) is 1. The van der Waals surface area contributed by atoms with Crippen LogP contribution in [0.25, 0.3) is 10.9 Å². The zero-order valence-corrected chi connectivity index (χ0v) is 18.1. The van der Waals surface area contributed by atoms with Crippen molar-refractivity contribution in [2.75, 3.05) is 26.2 Å². The molecule has 0 saturated carbocycles. The molecule has 31 heavy (non-hydrogen) atoms. The molecule has 6 heteroatoms. The average Bonchev–Trinajstić information content (AvgIpc) is 3.12. The lowest BCUT2D eigenvalue weighted by Crippen LogP contribution is -2.56. The lowest BCUT2D eigenvalue weighted by Gasteiger charge is -2.45. The SMILES string of the molecule is Cc1ccc2c(c(CCN[C@@H]3CN4CCC3CC4)nn2Cc2ccccc2)c1C(=O)O. The smallest absolute Gasteiger partial charge is 0.336 e. The first-order valence-corrected chi connectivity index (χ1v) is 11.3. The van der Waals surface area contributed by atoms with Crippen molar-refractivity contribution >= 4 is 16.9 Å². The Morgan fingerprint density at radius 1 is 1.16 bits per heavy atom. The number of fused-ring (bicyclic) bond motifs is 4. The highest BCUT2D eigenvalue weighted by Crippen LogP contribution is 2.29. The van der Waals surface area contributed by atoms with Crippen molar-refractivity contribution in [3.05, 3.63) is 64.8 Å². The minimum absolute atomic E-state index is 0.384. The number of benzene rings is 2. The topological polar surface area (TPSA) is 70.4 Å². The molecule has 3 fully saturated rings. The van der Waals surface area contributed by atoms with Gasteiger partial charge < -0.3 is 15.3 Å². The first-order valence-electron chi connectivity index (χ1n) is 11.3. The second-order valence-electron chi connectivity index (χ2n) is 9.00. The Hall–Kier alpha value is -2.70. The average molecular weight is 419 g/mol. The van der Waals surface area contributed by atoms with E-state index in [1.54, 1.807) is 0 Å². The molecule has 6 rings (SSSR count). The highest BCUT2D eigenvalue weighted by atomic mass is 16.4. The Bertz CT molecular complexity index is 1080. The third-order valence-electron chi connectivity index (χ3n) is 7.01. The van der Waals surface area contributed by atoms with E-state index in [4.69, 9.17) is 5.10 Å². The molecule has 0 unspecified atom stereocenters. The number of nitrogens with one attached hydrogen (secondary N) is 1. The predicted octanol–water partition coefficient (Wildman–Crippen LogP) is 3.32. The molecule has 0 amide bonds. The van der Waals surface area contributed by atoms with Crippen molar-refractivity contribution in [3.8, 4) is 0 Å². The normalized spacial score (nSPS) is 22.8. The van der Waals surface area contributed by atoms with Crippen LogP contribution < -0.4 is 5.32 Å². The summed E-state index contributed by atoms with van der Waals surface area (Å²) in [6.07, 6.45) is 3.30. The fourth-order valence-corrected chi connectivity index (χ4v) is 5.35. The van der Waals surface area contributed by atoms with Crippen molar-refractivity contribution in [2.45, 2.75) is 38.8 Å². The molecule has 1 aromatic heterocycles. The molecule has 0 radical (unpaired) electrons. The summed E-state index contributed by atoms with van der Waals surface area (Å²) in [5, 5.41) is 19.4. The second-order valence-corrected chi connectivity index (χ2v) is 9.00. The lowest BCUT2D eigenvalue weighted by molar-refractivity contribution is 0.0698. The molecule has 0 aliphatic carbocycles. The van der Waals surface area contributed by atoms with Gasteiger partial charge in [-0.15, -0.1) is 0 Å². The van der Waals surface area contributed by atoms with Gasteiger partial charge in [-0.1, -0.05) is 36.4 Å². The number of nitrogens with zero attached hydrogens (tertiary/aromatic N) is 3. The predicted molar refractivity (Wildman–Crippen MR) is 122 cm³/mol. The molecule has 3 saturated heterocycles. The Morgan fingerprint density at radius 2 is 1.94 bits per heavy atom. The number of aromatic carboxylic acids is 1. The van der Waals surface area contributed by atoms with Gasteiger partial charge in [0.05, 0.1) is 23.3 Å². The van der Waals surface area contributed by atoms with Gasteiger partial charge in [0.25, 0.3) is 0 Å². The summed E-state index contributed by atoms with van der Waals surface area (Å²) in [5.41, 5.74) is 4.09. The van der Waals surface area contributed by atoms with E-state index in [9.17, 15) is 9.90 Å². The minimum atomic E-state index is -0.881. The summed E-state index contributed by atoms with van der Waals surface area (Å²) in [6, 6.07) is 14.6. The Kier molecular flexibility index (Phi) is 5.50. The summed E-state index contributed by atoms with van der Waals surface area (Å²) in [6.45, 7) is 6.92. The number of rotatable bonds is 7. The summed E-state index contributed by atoms with van der Waals surface area (Å²) in [4.78, 5) is 14.7. The molecule has 4 heterocycles. The maximum Gasteiger partial charge on any atom is 0.336 e. The molecular formula is C25H30N4O2. The lowest BCUT2D eigenvalue weighted by atomic mass is 9.84. The Labute approximate surface area is 182 Å². The molecule has 3 aromatic rings. The molecule has 1 atom stereocenters. The van der Waals surface area contributed by atoms with E-state index in [1.165, 1.54) is 25.9 Å². The van der Waals surface area contributed by atoms with Gasteiger partial charge in [0, 0.05) is 30.9 Å². The molecule has 3 aliphatic rings. The van der Waals surface area contributed by atoms with Gasteiger partial charge >= 0.3 is 5.97 Å². The van der Waals surface area contributed by atoms with Crippen LogP contribution in [0.1, 0.15) is 40.0 Å². The standard InChI is InChI=1S/C25H30N4O2/c1-17-7-8-22-24(23(17)25(30)31)20(27-29(22)15-18-5-3-2-4-6-18)9-12-26-21-16-28-13-10-19(21)11-14-28/h2-8,19,21,26H,9-16H2,1H3,(H,30,31)/t21-/m1/s1. The molecule has 6 nitrogen and oxygen atoms in total. The number of piperidine rings is 3. The fourth-order valence-electron chi connectivity index (χ4n) is 5.35. The van der Waals surface area contributed by atoms with Crippen molar-refractivity contribution in [3.63, 3.8) is 0 Å². The monoisotopic (exact) mass is 418 g/mol.